The lowest BCUT2D eigenvalue weighted by atomic mass is 10.0. The van der Waals surface area contributed by atoms with Gasteiger partial charge in [-0.1, -0.05) is 30.3 Å². The Morgan fingerprint density at radius 1 is 0.794 bits per heavy atom. The number of hydrogen-bond donors (Lipinski definition) is 7. The molecule has 4 amide bonds. The van der Waals surface area contributed by atoms with Gasteiger partial charge in [0.2, 0.25) is 23.6 Å². The van der Waals surface area contributed by atoms with Crippen LogP contribution < -0.4 is 27.4 Å². The molecule has 1 aromatic rings. The summed E-state index contributed by atoms with van der Waals surface area (Å²) in [6.07, 6.45) is -1.39. The van der Waals surface area contributed by atoms with Crippen LogP contribution >= 0.6 is 0 Å². The SMILES string of the molecule is NCC(=O)NC(Cc1ccccc1)C(=O)NC(CCC(N)=O)C(=O)NC(CCC(=O)O)C(=O)O. The molecule has 0 aliphatic heterocycles. The molecule has 13 nitrogen and oxygen atoms in total. The molecule has 3 unspecified atom stereocenters. The fourth-order valence-corrected chi connectivity index (χ4v) is 2.94. The third-order valence-electron chi connectivity index (χ3n) is 4.69. The van der Waals surface area contributed by atoms with Crippen LogP contribution in [-0.4, -0.2) is 70.5 Å². The number of amides is 4. The Morgan fingerprint density at radius 2 is 1.35 bits per heavy atom. The number of carboxylic acid groups (broad SMARTS) is 2. The number of benzene rings is 1. The topological polar surface area (TPSA) is 231 Å². The number of carboxylic acids is 2. The zero-order valence-corrected chi connectivity index (χ0v) is 18.4. The summed E-state index contributed by atoms with van der Waals surface area (Å²) in [5.41, 5.74) is 11.2. The third kappa shape index (κ3) is 10.5. The fourth-order valence-electron chi connectivity index (χ4n) is 2.94. The number of rotatable bonds is 15. The van der Waals surface area contributed by atoms with Crippen LogP contribution in [0.3, 0.4) is 0 Å². The van der Waals surface area contributed by atoms with E-state index in [4.69, 9.17) is 16.6 Å². The van der Waals surface area contributed by atoms with Crippen LogP contribution in [0, 0.1) is 0 Å². The smallest absolute Gasteiger partial charge is 0.326 e. The van der Waals surface area contributed by atoms with E-state index in [1.807, 2.05) is 0 Å². The summed E-state index contributed by atoms with van der Waals surface area (Å²) in [5, 5.41) is 25.1. The van der Waals surface area contributed by atoms with Gasteiger partial charge in [0.05, 0.1) is 6.54 Å². The molecule has 0 radical (unpaired) electrons. The molecule has 0 fully saturated rings. The number of aliphatic carboxylic acids is 2. The van der Waals surface area contributed by atoms with Crippen molar-refractivity contribution in [2.75, 3.05) is 6.54 Å². The second-order valence-corrected chi connectivity index (χ2v) is 7.41. The highest BCUT2D eigenvalue weighted by atomic mass is 16.4. The van der Waals surface area contributed by atoms with Crippen molar-refractivity contribution in [1.29, 1.82) is 0 Å². The molecule has 0 bridgehead atoms. The van der Waals surface area contributed by atoms with Gasteiger partial charge in [0, 0.05) is 19.3 Å². The van der Waals surface area contributed by atoms with Crippen LogP contribution in [0.1, 0.15) is 31.2 Å². The molecule has 9 N–H and O–H groups in total. The van der Waals surface area contributed by atoms with Gasteiger partial charge in [0.25, 0.3) is 0 Å². The Bertz CT molecular complexity index is 892. The van der Waals surface area contributed by atoms with Crippen molar-refractivity contribution >= 4 is 35.6 Å². The summed E-state index contributed by atoms with van der Waals surface area (Å²) in [4.78, 5) is 70.9. The monoisotopic (exact) mass is 479 g/mol. The number of primary amides is 1. The first-order valence-corrected chi connectivity index (χ1v) is 10.4. The van der Waals surface area contributed by atoms with Gasteiger partial charge in [-0.25, -0.2) is 4.79 Å². The standard InChI is InChI=1S/C21H29N5O8/c22-11-17(28)24-15(10-12-4-2-1-3-5-12)20(32)25-13(6-8-16(23)27)19(31)26-14(21(33)34)7-9-18(29)30/h1-5,13-15H,6-11,22H2,(H2,23,27)(H,24,28)(H,25,32)(H,26,31)(H,29,30)(H,33,34). The van der Waals surface area contributed by atoms with Gasteiger partial charge in [-0.3, -0.25) is 24.0 Å². The van der Waals surface area contributed by atoms with Gasteiger partial charge in [0.1, 0.15) is 18.1 Å². The molecule has 186 valence electrons. The van der Waals surface area contributed by atoms with E-state index < -0.39 is 66.5 Å². The number of carbonyl (C=O) groups excluding carboxylic acids is 4. The van der Waals surface area contributed by atoms with Crippen LogP contribution in [0.4, 0.5) is 0 Å². The summed E-state index contributed by atoms with van der Waals surface area (Å²) in [6.45, 7) is -0.381. The highest BCUT2D eigenvalue weighted by Crippen LogP contribution is 2.07. The largest absolute Gasteiger partial charge is 0.481 e. The van der Waals surface area contributed by atoms with Crippen molar-refractivity contribution in [3.8, 4) is 0 Å². The maximum Gasteiger partial charge on any atom is 0.326 e. The van der Waals surface area contributed by atoms with Gasteiger partial charge >= 0.3 is 11.9 Å². The minimum Gasteiger partial charge on any atom is -0.481 e. The van der Waals surface area contributed by atoms with Crippen LogP contribution in [-0.2, 0) is 35.2 Å². The average molecular weight is 479 g/mol. The first-order valence-electron chi connectivity index (χ1n) is 10.4. The lowest BCUT2D eigenvalue weighted by molar-refractivity contribution is -0.143. The van der Waals surface area contributed by atoms with Gasteiger partial charge in [0.15, 0.2) is 0 Å². The summed E-state index contributed by atoms with van der Waals surface area (Å²) in [7, 11) is 0. The summed E-state index contributed by atoms with van der Waals surface area (Å²) in [6, 6.07) is 4.67. The van der Waals surface area contributed by atoms with Gasteiger partial charge < -0.3 is 37.6 Å². The second kappa shape index (κ2) is 14.2. The summed E-state index contributed by atoms with van der Waals surface area (Å²) < 4.78 is 0. The molecule has 1 rings (SSSR count). The Balaban J connectivity index is 3.03. The Morgan fingerprint density at radius 3 is 1.88 bits per heavy atom. The zero-order valence-electron chi connectivity index (χ0n) is 18.4. The number of nitrogens with two attached hydrogens (primary N) is 2. The van der Waals surface area contributed by atoms with Crippen LogP contribution in [0.2, 0.25) is 0 Å². The Labute approximate surface area is 195 Å². The van der Waals surface area contributed by atoms with Crippen molar-refractivity contribution in [1.82, 2.24) is 16.0 Å². The van der Waals surface area contributed by atoms with E-state index in [9.17, 15) is 33.9 Å². The highest BCUT2D eigenvalue weighted by Gasteiger charge is 2.30. The first kappa shape index (κ1) is 28.0. The first-order chi connectivity index (χ1) is 16.0. The van der Waals surface area contributed by atoms with E-state index in [1.54, 1.807) is 30.3 Å². The van der Waals surface area contributed by atoms with Crippen LogP contribution in [0.15, 0.2) is 30.3 Å². The molecule has 0 heterocycles. The molecule has 0 spiro atoms. The van der Waals surface area contributed by atoms with E-state index in [-0.39, 0.29) is 25.8 Å². The minimum absolute atomic E-state index is 0.0684. The number of nitrogens with one attached hydrogen (secondary N) is 3. The Kier molecular flexibility index (Phi) is 11.7. The molecule has 0 aromatic heterocycles. The van der Waals surface area contributed by atoms with Gasteiger partial charge in [-0.05, 0) is 18.4 Å². The predicted molar refractivity (Wildman–Crippen MR) is 118 cm³/mol. The normalized spacial score (nSPS) is 13.1. The minimum atomic E-state index is -1.53. The maximum absolute atomic E-state index is 12.9. The molecular weight excluding hydrogens is 450 g/mol. The number of carbonyl (C=O) groups is 6. The molecule has 0 aliphatic carbocycles. The molecule has 0 aliphatic rings. The molecular formula is C21H29N5O8. The quantitative estimate of drug-likeness (QED) is 0.145. The van der Waals surface area contributed by atoms with E-state index >= 15 is 0 Å². The average Bonchev–Trinajstić information content (AvgIpc) is 2.78. The number of hydrogen-bond acceptors (Lipinski definition) is 7. The highest BCUT2D eigenvalue weighted by molar-refractivity contribution is 5.94. The molecule has 1 aromatic carbocycles. The maximum atomic E-state index is 12.9. The van der Waals surface area contributed by atoms with Crippen molar-refractivity contribution in [2.24, 2.45) is 11.5 Å². The van der Waals surface area contributed by atoms with Crippen LogP contribution in [0.5, 0.6) is 0 Å². The lowest BCUT2D eigenvalue weighted by Crippen LogP contribution is -2.56. The van der Waals surface area contributed by atoms with Gasteiger partial charge in [-0.2, -0.15) is 0 Å². The molecule has 3 atom stereocenters. The van der Waals surface area contributed by atoms with Crippen molar-refractivity contribution < 1.29 is 39.0 Å². The summed E-state index contributed by atoms with van der Waals surface area (Å²) in [5.74, 6) is -5.81. The predicted octanol–water partition coefficient (Wildman–Crippen LogP) is -2.14. The van der Waals surface area contributed by atoms with E-state index in [0.717, 1.165) is 0 Å². The van der Waals surface area contributed by atoms with Crippen LogP contribution in [0.25, 0.3) is 0 Å². The molecule has 34 heavy (non-hydrogen) atoms. The summed E-state index contributed by atoms with van der Waals surface area (Å²) >= 11 is 0. The fraction of sp³-hybridized carbons (Fsp3) is 0.429. The van der Waals surface area contributed by atoms with E-state index in [2.05, 4.69) is 16.0 Å². The zero-order chi connectivity index (χ0) is 25.7. The van der Waals surface area contributed by atoms with Gasteiger partial charge in [-0.15, -0.1) is 0 Å². The van der Waals surface area contributed by atoms with Crippen molar-refractivity contribution in [3.05, 3.63) is 35.9 Å². The molecule has 13 heteroatoms. The Hall–Kier alpha value is -4.00. The van der Waals surface area contributed by atoms with Crippen molar-refractivity contribution in [3.63, 3.8) is 0 Å². The van der Waals surface area contributed by atoms with E-state index in [1.165, 1.54) is 0 Å². The third-order valence-corrected chi connectivity index (χ3v) is 4.69. The van der Waals surface area contributed by atoms with Crippen molar-refractivity contribution in [2.45, 2.75) is 50.2 Å². The lowest BCUT2D eigenvalue weighted by Gasteiger charge is -2.24. The second-order valence-electron chi connectivity index (χ2n) is 7.41. The molecule has 0 saturated carbocycles. The van der Waals surface area contributed by atoms with E-state index in [0.29, 0.717) is 5.56 Å². The molecule has 0 saturated heterocycles.